The zero-order valence-corrected chi connectivity index (χ0v) is 13.1. The summed E-state index contributed by atoms with van der Waals surface area (Å²) in [4.78, 5) is 0. The highest BCUT2D eigenvalue weighted by Gasteiger charge is 2.10. The number of hydrogen-bond donors (Lipinski definition) is 1. The number of ether oxygens (including phenoxy) is 2. The summed E-state index contributed by atoms with van der Waals surface area (Å²) in [5, 5.41) is 9.62. The van der Waals surface area contributed by atoms with Crippen LogP contribution in [0.15, 0.2) is 46.9 Å². The fourth-order valence-corrected chi connectivity index (χ4v) is 2.22. The molecule has 0 saturated heterocycles. The maximum absolute atomic E-state index is 13.2. The van der Waals surface area contributed by atoms with Gasteiger partial charge >= 0.3 is 0 Å². The number of halogens is 2. The predicted molar refractivity (Wildman–Crippen MR) is 82.2 cm³/mol. The maximum Gasteiger partial charge on any atom is 0.128 e. The SMILES string of the molecule is CC(O)c1ccc(F)cc1OCCOc1cccc(Br)c1. The molecule has 0 aromatic heterocycles. The Balaban J connectivity index is 1.90. The lowest BCUT2D eigenvalue weighted by atomic mass is 10.1. The molecule has 0 heterocycles. The number of aliphatic hydroxyl groups is 1. The first-order valence-electron chi connectivity index (χ1n) is 6.55. The van der Waals surface area contributed by atoms with E-state index in [9.17, 15) is 9.50 Å². The molecule has 0 amide bonds. The molecular formula is C16H16BrFO3. The van der Waals surface area contributed by atoms with E-state index in [1.807, 2.05) is 24.3 Å². The lowest BCUT2D eigenvalue weighted by Gasteiger charge is -2.14. The van der Waals surface area contributed by atoms with Crippen molar-refractivity contribution in [2.24, 2.45) is 0 Å². The Morgan fingerprint density at radius 3 is 2.62 bits per heavy atom. The third-order valence-corrected chi connectivity index (χ3v) is 3.32. The predicted octanol–water partition coefficient (Wildman–Crippen LogP) is 4.10. The Hall–Kier alpha value is -1.59. The summed E-state index contributed by atoms with van der Waals surface area (Å²) in [6, 6.07) is 11.6. The van der Waals surface area contributed by atoms with Crippen LogP contribution in [-0.4, -0.2) is 18.3 Å². The zero-order chi connectivity index (χ0) is 15.2. The van der Waals surface area contributed by atoms with E-state index >= 15 is 0 Å². The second-order valence-electron chi connectivity index (χ2n) is 4.51. The molecule has 1 unspecified atom stereocenters. The molecule has 2 aromatic carbocycles. The van der Waals surface area contributed by atoms with Crippen molar-refractivity contribution in [1.29, 1.82) is 0 Å². The topological polar surface area (TPSA) is 38.7 Å². The molecule has 21 heavy (non-hydrogen) atoms. The van der Waals surface area contributed by atoms with Gasteiger partial charge in [-0.1, -0.05) is 22.0 Å². The van der Waals surface area contributed by atoms with E-state index < -0.39 is 11.9 Å². The second-order valence-corrected chi connectivity index (χ2v) is 5.43. The molecular weight excluding hydrogens is 339 g/mol. The van der Waals surface area contributed by atoms with Crippen LogP contribution in [0.4, 0.5) is 4.39 Å². The minimum atomic E-state index is -0.716. The first-order chi connectivity index (χ1) is 10.1. The fraction of sp³-hybridized carbons (Fsp3) is 0.250. The molecule has 3 nitrogen and oxygen atoms in total. The van der Waals surface area contributed by atoms with Crippen molar-refractivity contribution in [3.8, 4) is 11.5 Å². The molecule has 0 aliphatic carbocycles. The van der Waals surface area contributed by atoms with Gasteiger partial charge in [-0.05, 0) is 37.3 Å². The normalized spacial score (nSPS) is 12.0. The molecule has 0 spiro atoms. The lowest BCUT2D eigenvalue weighted by Crippen LogP contribution is -2.10. The average Bonchev–Trinajstić information content (AvgIpc) is 2.43. The summed E-state index contributed by atoms with van der Waals surface area (Å²) in [7, 11) is 0. The highest BCUT2D eigenvalue weighted by atomic mass is 79.9. The van der Waals surface area contributed by atoms with Crippen LogP contribution in [0.3, 0.4) is 0 Å². The standard InChI is InChI=1S/C16H16BrFO3/c1-11(19)15-6-5-13(18)10-16(15)21-8-7-20-14-4-2-3-12(17)9-14/h2-6,9-11,19H,7-8H2,1H3. The van der Waals surface area contributed by atoms with E-state index in [1.165, 1.54) is 18.2 Å². The Kier molecular flexibility index (Phi) is 5.59. The number of aliphatic hydroxyl groups excluding tert-OH is 1. The first kappa shape index (κ1) is 15.8. The van der Waals surface area contributed by atoms with Gasteiger partial charge in [0.05, 0.1) is 6.10 Å². The van der Waals surface area contributed by atoms with Gasteiger partial charge in [0.2, 0.25) is 0 Å². The van der Waals surface area contributed by atoms with Crippen LogP contribution in [0.25, 0.3) is 0 Å². The van der Waals surface area contributed by atoms with E-state index in [-0.39, 0.29) is 6.61 Å². The zero-order valence-electron chi connectivity index (χ0n) is 11.6. The molecule has 0 radical (unpaired) electrons. The average molecular weight is 355 g/mol. The summed E-state index contributed by atoms with van der Waals surface area (Å²) >= 11 is 3.36. The number of rotatable bonds is 6. The minimum absolute atomic E-state index is 0.260. The Bertz CT molecular complexity index is 602. The van der Waals surface area contributed by atoms with Gasteiger partial charge in [0, 0.05) is 16.1 Å². The van der Waals surface area contributed by atoms with Gasteiger partial charge in [0.25, 0.3) is 0 Å². The van der Waals surface area contributed by atoms with E-state index in [1.54, 1.807) is 6.92 Å². The summed E-state index contributed by atoms with van der Waals surface area (Å²) in [6.07, 6.45) is -0.716. The van der Waals surface area contributed by atoms with Crippen LogP contribution in [0, 0.1) is 5.82 Å². The summed E-state index contributed by atoms with van der Waals surface area (Å²) in [5.74, 6) is 0.660. The van der Waals surface area contributed by atoms with Gasteiger partial charge in [-0.3, -0.25) is 0 Å². The van der Waals surface area contributed by atoms with Gasteiger partial charge in [0.1, 0.15) is 30.5 Å². The van der Waals surface area contributed by atoms with E-state index in [0.717, 1.165) is 10.2 Å². The number of hydrogen-bond acceptors (Lipinski definition) is 3. The molecule has 1 N–H and O–H groups in total. The number of benzene rings is 2. The third kappa shape index (κ3) is 4.72. The minimum Gasteiger partial charge on any atom is -0.490 e. The molecule has 0 aliphatic rings. The highest BCUT2D eigenvalue weighted by molar-refractivity contribution is 9.10. The van der Waals surface area contributed by atoms with Crippen molar-refractivity contribution >= 4 is 15.9 Å². The van der Waals surface area contributed by atoms with Crippen LogP contribution in [-0.2, 0) is 0 Å². The fourth-order valence-electron chi connectivity index (χ4n) is 1.85. The van der Waals surface area contributed by atoms with Crippen LogP contribution in [0.5, 0.6) is 11.5 Å². The highest BCUT2D eigenvalue weighted by Crippen LogP contribution is 2.26. The molecule has 112 valence electrons. The molecule has 0 saturated carbocycles. The van der Waals surface area contributed by atoms with Crippen molar-refractivity contribution in [2.45, 2.75) is 13.0 Å². The van der Waals surface area contributed by atoms with Crippen LogP contribution >= 0.6 is 15.9 Å². The van der Waals surface area contributed by atoms with Crippen molar-refractivity contribution in [2.75, 3.05) is 13.2 Å². The maximum atomic E-state index is 13.2. The van der Waals surface area contributed by atoms with Crippen molar-refractivity contribution < 1.29 is 19.0 Å². The molecule has 5 heteroatoms. The van der Waals surface area contributed by atoms with Gasteiger partial charge in [-0.25, -0.2) is 4.39 Å². The molecule has 2 rings (SSSR count). The second kappa shape index (κ2) is 7.43. The molecule has 0 aliphatic heterocycles. The van der Waals surface area contributed by atoms with Crippen molar-refractivity contribution in [1.82, 2.24) is 0 Å². The first-order valence-corrected chi connectivity index (χ1v) is 7.34. The van der Waals surface area contributed by atoms with Gasteiger partial charge in [0.15, 0.2) is 0 Å². The third-order valence-electron chi connectivity index (χ3n) is 2.83. The van der Waals surface area contributed by atoms with Crippen LogP contribution < -0.4 is 9.47 Å². The lowest BCUT2D eigenvalue weighted by molar-refractivity contribution is 0.181. The monoisotopic (exact) mass is 354 g/mol. The molecule has 1 atom stereocenters. The van der Waals surface area contributed by atoms with E-state index in [4.69, 9.17) is 9.47 Å². The molecule has 2 aromatic rings. The van der Waals surface area contributed by atoms with Crippen LogP contribution in [0.1, 0.15) is 18.6 Å². The van der Waals surface area contributed by atoms with Gasteiger partial charge < -0.3 is 14.6 Å². The van der Waals surface area contributed by atoms with Gasteiger partial charge in [-0.15, -0.1) is 0 Å². The molecule has 0 fully saturated rings. The summed E-state index contributed by atoms with van der Waals surface area (Å²) in [6.45, 7) is 2.19. The Labute approximate surface area is 131 Å². The van der Waals surface area contributed by atoms with Crippen molar-refractivity contribution in [3.05, 3.63) is 58.3 Å². The summed E-state index contributed by atoms with van der Waals surface area (Å²) in [5.41, 5.74) is 0.554. The molecule has 0 bridgehead atoms. The summed E-state index contributed by atoms with van der Waals surface area (Å²) < 4.78 is 25.2. The quantitative estimate of drug-likeness (QED) is 0.793. The Morgan fingerprint density at radius 2 is 1.90 bits per heavy atom. The van der Waals surface area contributed by atoms with E-state index in [0.29, 0.717) is 17.9 Å². The Morgan fingerprint density at radius 1 is 1.14 bits per heavy atom. The van der Waals surface area contributed by atoms with E-state index in [2.05, 4.69) is 15.9 Å². The van der Waals surface area contributed by atoms with Crippen LogP contribution in [0.2, 0.25) is 0 Å². The van der Waals surface area contributed by atoms with Crippen molar-refractivity contribution in [3.63, 3.8) is 0 Å². The smallest absolute Gasteiger partial charge is 0.128 e. The van der Waals surface area contributed by atoms with Gasteiger partial charge in [-0.2, -0.15) is 0 Å². The largest absolute Gasteiger partial charge is 0.490 e.